The van der Waals surface area contributed by atoms with Crippen LogP contribution in [-0.4, -0.2) is 34.7 Å². The number of nitrogen functional groups attached to an aromatic ring is 1. The van der Waals surface area contributed by atoms with E-state index >= 15 is 0 Å². The summed E-state index contributed by atoms with van der Waals surface area (Å²) in [5.74, 6) is 1.34. The highest BCUT2D eigenvalue weighted by Gasteiger charge is 2.26. The van der Waals surface area contributed by atoms with Crippen LogP contribution in [0.5, 0.6) is 0 Å². The molecule has 2 heterocycles. The maximum atomic E-state index is 11.7. The van der Waals surface area contributed by atoms with Gasteiger partial charge >= 0.3 is 0 Å². The molecule has 0 radical (unpaired) electrons. The van der Waals surface area contributed by atoms with Crippen LogP contribution in [0.2, 0.25) is 0 Å². The van der Waals surface area contributed by atoms with Crippen molar-refractivity contribution in [2.45, 2.75) is 66.0 Å². The van der Waals surface area contributed by atoms with E-state index in [4.69, 9.17) is 10.7 Å². The first-order chi connectivity index (χ1) is 11.4. The molecule has 2 rings (SSSR count). The third-order valence-corrected chi connectivity index (χ3v) is 5.17. The van der Waals surface area contributed by atoms with Crippen LogP contribution >= 0.6 is 0 Å². The van der Waals surface area contributed by atoms with Gasteiger partial charge in [-0.05, 0) is 39.7 Å². The van der Waals surface area contributed by atoms with Crippen molar-refractivity contribution in [2.75, 3.05) is 12.0 Å². The van der Waals surface area contributed by atoms with Crippen molar-refractivity contribution in [2.24, 2.45) is 0 Å². The molecule has 140 valence electrons. The number of rotatable bonds is 7. The Bertz CT molecular complexity index is 884. The average molecular weight is 368 g/mol. The fraction of sp³-hybridized carbons (Fsp3) is 0.647. The molecule has 3 N–H and O–H groups in total. The highest BCUT2D eigenvalue weighted by molar-refractivity contribution is 7.88. The number of fused-ring (bicyclic) bond motifs is 1. The molecule has 0 spiro atoms. The molecule has 0 fully saturated rings. The molecular weight excluding hydrogens is 338 g/mol. The van der Waals surface area contributed by atoms with Gasteiger partial charge in [-0.25, -0.2) is 23.1 Å². The number of hydrogen-bond acceptors (Lipinski definition) is 5. The van der Waals surface area contributed by atoms with Crippen molar-refractivity contribution in [3.05, 3.63) is 17.1 Å². The molecule has 0 aliphatic carbocycles. The Hall–Kier alpha value is -1.67. The smallest absolute Gasteiger partial charge is 0.209 e. The van der Waals surface area contributed by atoms with E-state index in [-0.39, 0.29) is 0 Å². The number of hydrogen-bond donors (Lipinski definition) is 2. The number of imidazole rings is 1. The van der Waals surface area contributed by atoms with Gasteiger partial charge in [0.1, 0.15) is 11.3 Å². The number of nitrogens with one attached hydrogen (secondary N) is 1. The van der Waals surface area contributed by atoms with Crippen molar-refractivity contribution >= 4 is 26.9 Å². The van der Waals surface area contributed by atoms with E-state index in [2.05, 4.69) is 21.2 Å². The molecule has 0 bridgehead atoms. The first kappa shape index (κ1) is 19.7. The highest BCUT2D eigenvalue weighted by Crippen LogP contribution is 2.28. The summed E-state index contributed by atoms with van der Waals surface area (Å²) in [4.78, 5) is 9.11. The van der Waals surface area contributed by atoms with Gasteiger partial charge in [-0.3, -0.25) is 0 Å². The van der Waals surface area contributed by atoms with E-state index < -0.39 is 15.6 Å². The van der Waals surface area contributed by atoms with E-state index in [1.165, 1.54) is 6.26 Å². The van der Waals surface area contributed by atoms with Gasteiger partial charge in [0.2, 0.25) is 10.0 Å². The molecule has 0 atom stereocenters. The minimum atomic E-state index is -3.32. The highest BCUT2D eigenvalue weighted by atomic mass is 32.2. The number of nitrogens with two attached hydrogens (primary N) is 1. The Labute approximate surface area is 150 Å². The predicted molar refractivity (Wildman–Crippen MR) is 102 cm³/mol. The summed E-state index contributed by atoms with van der Waals surface area (Å²) < 4.78 is 28.2. The fourth-order valence-electron chi connectivity index (χ4n) is 3.17. The number of pyridine rings is 1. The van der Waals surface area contributed by atoms with E-state index in [9.17, 15) is 8.42 Å². The zero-order valence-electron chi connectivity index (χ0n) is 16.0. The van der Waals surface area contributed by atoms with Crippen LogP contribution in [0.25, 0.3) is 11.0 Å². The van der Waals surface area contributed by atoms with Gasteiger partial charge in [-0.2, -0.15) is 0 Å². The molecule has 0 aromatic carbocycles. The molecule has 25 heavy (non-hydrogen) atoms. The fourth-order valence-corrected chi connectivity index (χ4v) is 4.24. The summed E-state index contributed by atoms with van der Waals surface area (Å²) >= 11 is 0. The molecular formula is C17H29N5O2S. The molecule has 0 amide bonds. The quantitative estimate of drug-likeness (QED) is 0.781. The lowest BCUT2D eigenvalue weighted by atomic mass is 10.1. The summed E-state index contributed by atoms with van der Waals surface area (Å²) in [5.41, 5.74) is 8.98. The van der Waals surface area contributed by atoms with Crippen LogP contribution < -0.4 is 10.5 Å². The lowest BCUT2D eigenvalue weighted by molar-refractivity contribution is 0.389. The topological polar surface area (TPSA) is 103 Å². The lowest BCUT2D eigenvalue weighted by Crippen LogP contribution is -2.46. The number of nitrogens with zero attached hydrogens (tertiary/aromatic N) is 3. The van der Waals surface area contributed by atoms with Gasteiger partial charge < -0.3 is 10.3 Å². The number of aryl methyl sites for hydroxylation is 3. The van der Waals surface area contributed by atoms with Crippen molar-refractivity contribution in [1.29, 1.82) is 0 Å². The zero-order valence-corrected chi connectivity index (χ0v) is 16.8. The van der Waals surface area contributed by atoms with Crippen LogP contribution in [0.15, 0.2) is 0 Å². The van der Waals surface area contributed by atoms with Crippen molar-refractivity contribution in [3.8, 4) is 0 Å². The van der Waals surface area contributed by atoms with E-state index in [1.807, 2.05) is 27.7 Å². The molecule has 2 aromatic rings. The van der Waals surface area contributed by atoms with Crippen LogP contribution in [-0.2, 0) is 23.0 Å². The van der Waals surface area contributed by atoms with E-state index in [1.54, 1.807) is 0 Å². The van der Waals surface area contributed by atoms with Gasteiger partial charge in [0, 0.05) is 24.2 Å². The molecule has 8 heteroatoms. The van der Waals surface area contributed by atoms with E-state index in [0.29, 0.717) is 17.9 Å². The average Bonchev–Trinajstić information content (AvgIpc) is 2.78. The summed E-state index contributed by atoms with van der Waals surface area (Å²) in [6.45, 7) is 10.3. The van der Waals surface area contributed by atoms with Crippen LogP contribution in [0.1, 0.15) is 50.7 Å². The summed E-state index contributed by atoms with van der Waals surface area (Å²) in [6.07, 6.45) is 4.06. The number of anilines is 1. The monoisotopic (exact) mass is 367 g/mol. The molecule has 0 aliphatic heterocycles. The Kier molecular flexibility index (Phi) is 5.44. The number of aromatic nitrogens is 3. The third-order valence-electron chi connectivity index (χ3n) is 4.24. The molecule has 0 unspecified atom stereocenters. The minimum Gasteiger partial charge on any atom is -0.382 e. The molecule has 2 aromatic heterocycles. The first-order valence-corrected chi connectivity index (χ1v) is 10.4. The van der Waals surface area contributed by atoms with Gasteiger partial charge in [0.05, 0.1) is 11.8 Å². The third kappa shape index (κ3) is 4.49. The largest absolute Gasteiger partial charge is 0.382 e. The Morgan fingerprint density at radius 3 is 2.44 bits per heavy atom. The SMILES string of the molecule is CCCCc1nc2c(N)nc(C)c(C)c2n1CC(C)(C)NS(C)(=O)=O. The van der Waals surface area contributed by atoms with Crippen LogP contribution in [0, 0.1) is 13.8 Å². The van der Waals surface area contributed by atoms with Gasteiger partial charge in [-0.1, -0.05) is 13.3 Å². The van der Waals surface area contributed by atoms with E-state index in [0.717, 1.165) is 41.9 Å². The second kappa shape index (κ2) is 6.92. The van der Waals surface area contributed by atoms with Gasteiger partial charge in [0.15, 0.2) is 5.82 Å². The standard InChI is InChI=1S/C17H29N5O2S/c1-7-8-9-13-20-14-15(11(2)12(3)19-16(14)18)22(13)10-17(4,5)21-25(6,23)24/h21H,7-10H2,1-6H3,(H2,18,19). The number of sulfonamides is 1. The molecule has 0 aliphatic rings. The zero-order chi connectivity index (χ0) is 19.0. The van der Waals surface area contributed by atoms with Gasteiger partial charge in [0.25, 0.3) is 0 Å². The first-order valence-electron chi connectivity index (χ1n) is 8.56. The normalized spacial score (nSPS) is 12.9. The molecule has 0 saturated heterocycles. The second-order valence-corrected chi connectivity index (χ2v) is 9.13. The maximum Gasteiger partial charge on any atom is 0.209 e. The van der Waals surface area contributed by atoms with Crippen LogP contribution in [0.4, 0.5) is 5.82 Å². The summed E-state index contributed by atoms with van der Waals surface area (Å²) in [6, 6.07) is 0. The minimum absolute atomic E-state index is 0.420. The van der Waals surface area contributed by atoms with Gasteiger partial charge in [-0.15, -0.1) is 0 Å². The summed E-state index contributed by atoms with van der Waals surface area (Å²) in [5, 5.41) is 0. The Morgan fingerprint density at radius 2 is 1.88 bits per heavy atom. The molecule has 0 saturated carbocycles. The van der Waals surface area contributed by atoms with Crippen molar-refractivity contribution < 1.29 is 8.42 Å². The van der Waals surface area contributed by atoms with Crippen molar-refractivity contribution in [3.63, 3.8) is 0 Å². The maximum absolute atomic E-state index is 11.7. The predicted octanol–water partition coefficient (Wildman–Crippen LogP) is 2.30. The Morgan fingerprint density at radius 1 is 1.24 bits per heavy atom. The number of unbranched alkanes of at least 4 members (excludes halogenated alkanes) is 1. The second-order valence-electron chi connectivity index (χ2n) is 7.38. The van der Waals surface area contributed by atoms with Crippen LogP contribution in [0.3, 0.4) is 0 Å². The molecule has 7 nitrogen and oxygen atoms in total. The Balaban J connectivity index is 2.62. The summed E-state index contributed by atoms with van der Waals surface area (Å²) in [7, 11) is -3.32. The lowest BCUT2D eigenvalue weighted by Gasteiger charge is -2.27. The van der Waals surface area contributed by atoms with Crippen molar-refractivity contribution in [1.82, 2.24) is 19.3 Å².